The van der Waals surface area contributed by atoms with E-state index >= 15 is 0 Å². The van der Waals surface area contributed by atoms with Crippen LogP contribution in [-0.2, 0) is 28.6 Å². The van der Waals surface area contributed by atoms with E-state index in [1.54, 1.807) is 0 Å². The van der Waals surface area contributed by atoms with Crippen molar-refractivity contribution in [2.45, 2.75) is 329 Å². The van der Waals surface area contributed by atoms with E-state index in [0.717, 1.165) is 128 Å². The van der Waals surface area contributed by atoms with Gasteiger partial charge in [0.1, 0.15) is 13.2 Å². The molecule has 0 fully saturated rings. The van der Waals surface area contributed by atoms with Crippen molar-refractivity contribution in [2.24, 2.45) is 0 Å². The molecule has 0 N–H and O–H groups in total. The highest BCUT2D eigenvalue weighted by molar-refractivity contribution is 5.71. The summed E-state index contributed by atoms with van der Waals surface area (Å²) in [6, 6.07) is 0. The summed E-state index contributed by atoms with van der Waals surface area (Å²) in [7, 11) is 0. The van der Waals surface area contributed by atoms with Crippen LogP contribution in [0.3, 0.4) is 0 Å². The summed E-state index contributed by atoms with van der Waals surface area (Å²) < 4.78 is 17.0. The topological polar surface area (TPSA) is 78.9 Å². The first-order valence-corrected chi connectivity index (χ1v) is 33.9. The average molecular weight is 1110 g/mol. The number of carbonyl (C=O) groups excluding carboxylic acids is 3. The zero-order valence-corrected chi connectivity index (χ0v) is 52.6. The summed E-state index contributed by atoms with van der Waals surface area (Å²) in [6.07, 6.45) is 92.4. The minimum absolute atomic E-state index is 0.0865. The maximum absolute atomic E-state index is 12.9. The van der Waals surface area contributed by atoms with Crippen molar-refractivity contribution in [2.75, 3.05) is 13.2 Å². The molecule has 0 saturated carbocycles. The largest absolute Gasteiger partial charge is 0.462 e. The van der Waals surface area contributed by atoms with Crippen molar-refractivity contribution in [1.29, 1.82) is 0 Å². The molecule has 0 spiro atoms. The van der Waals surface area contributed by atoms with Gasteiger partial charge in [0.15, 0.2) is 6.10 Å². The third-order valence-electron chi connectivity index (χ3n) is 14.5. The first-order chi connectivity index (χ1) is 39.5. The molecule has 1 unspecified atom stereocenters. The fraction of sp³-hybridized carbons (Fsp3) is 0.716. The standard InChI is InChI=1S/C74H126O6/c1-4-7-10-13-16-19-22-25-28-30-32-34-36-37-39-40-42-44-46-49-52-55-58-61-64-67-73(76)79-70-71(69-78-72(75)66-63-60-57-54-51-48-27-24-21-18-15-12-9-6-3)80-74(77)68-65-62-59-56-53-50-47-45-43-41-38-35-33-31-29-26-23-20-17-14-11-8-5-2/h7,10,15-16,18-19,23-28,31-34,38,41,71H,4-6,8-9,11-14,17,20-22,29-30,35-37,39-40,42-70H2,1-3H3/b10-7-,18-15-,19-16-,26-23-,27-24-,28-25-,33-31-,34-32-,41-38-. The van der Waals surface area contributed by atoms with Gasteiger partial charge in [-0.2, -0.15) is 0 Å². The van der Waals surface area contributed by atoms with Crippen LogP contribution in [0.2, 0.25) is 0 Å². The summed E-state index contributed by atoms with van der Waals surface area (Å²) in [4.78, 5) is 38.4. The predicted molar refractivity (Wildman–Crippen MR) is 348 cm³/mol. The Morgan fingerprint density at radius 1 is 0.263 bits per heavy atom. The Morgan fingerprint density at radius 3 is 0.800 bits per heavy atom. The van der Waals surface area contributed by atoms with E-state index in [1.807, 2.05) is 0 Å². The minimum atomic E-state index is -0.792. The second kappa shape index (κ2) is 67.6. The lowest BCUT2D eigenvalue weighted by Crippen LogP contribution is -2.30. The van der Waals surface area contributed by atoms with Crippen molar-refractivity contribution in [3.8, 4) is 0 Å². The molecule has 458 valence electrons. The van der Waals surface area contributed by atoms with Gasteiger partial charge in [-0.3, -0.25) is 14.4 Å². The van der Waals surface area contributed by atoms with Crippen LogP contribution in [0.5, 0.6) is 0 Å². The van der Waals surface area contributed by atoms with Crippen molar-refractivity contribution < 1.29 is 28.6 Å². The molecule has 1 atom stereocenters. The Bertz CT molecular complexity index is 1610. The molecule has 0 saturated heterocycles. The fourth-order valence-corrected chi connectivity index (χ4v) is 9.40. The fourth-order valence-electron chi connectivity index (χ4n) is 9.40. The van der Waals surface area contributed by atoms with Crippen LogP contribution in [0.1, 0.15) is 323 Å². The number of hydrogen-bond donors (Lipinski definition) is 0. The summed E-state index contributed by atoms with van der Waals surface area (Å²) in [5.74, 6) is -0.900. The molecule has 0 aliphatic carbocycles. The van der Waals surface area contributed by atoms with Crippen molar-refractivity contribution in [3.05, 3.63) is 109 Å². The molecule has 6 nitrogen and oxygen atoms in total. The van der Waals surface area contributed by atoms with E-state index in [4.69, 9.17) is 14.2 Å². The zero-order valence-electron chi connectivity index (χ0n) is 52.6. The Labute approximate surface area is 495 Å². The van der Waals surface area contributed by atoms with Gasteiger partial charge in [0.25, 0.3) is 0 Å². The Morgan fingerprint density at radius 2 is 0.500 bits per heavy atom. The molecule has 0 bridgehead atoms. The van der Waals surface area contributed by atoms with E-state index in [9.17, 15) is 14.4 Å². The molecule has 0 rings (SSSR count). The average Bonchev–Trinajstić information content (AvgIpc) is 3.46. The number of unbranched alkanes of at least 4 members (excludes halogenated alkanes) is 32. The Balaban J connectivity index is 4.35. The number of carbonyl (C=O) groups is 3. The van der Waals surface area contributed by atoms with Crippen LogP contribution in [0.25, 0.3) is 0 Å². The predicted octanol–water partition coefficient (Wildman–Crippen LogP) is 23.4. The van der Waals surface area contributed by atoms with Gasteiger partial charge in [-0.1, -0.05) is 291 Å². The lowest BCUT2D eigenvalue weighted by Gasteiger charge is -2.18. The van der Waals surface area contributed by atoms with E-state index in [0.29, 0.717) is 19.3 Å². The minimum Gasteiger partial charge on any atom is -0.462 e. The van der Waals surface area contributed by atoms with Gasteiger partial charge < -0.3 is 14.2 Å². The Hall–Kier alpha value is -3.93. The smallest absolute Gasteiger partial charge is 0.306 e. The van der Waals surface area contributed by atoms with Gasteiger partial charge in [0.05, 0.1) is 0 Å². The maximum atomic E-state index is 12.9. The first-order valence-electron chi connectivity index (χ1n) is 33.9. The molecular formula is C74H126O6. The van der Waals surface area contributed by atoms with E-state index in [2.05, 4.69) is 130 Å². The zero-order chi connectivity index (χ0) is 57.8. The van der Waals surface area contributed by atoms with Crippen molar-refractivity contribution in [3.63, 3.8) is 0 Å². The van der Waals surface area contributed by atoms with Crippen LogP contribution in [-0.4, -0.2) is 37.2 Å². The molecule has 0 aliphatic rings. The number of rotatable bonds is 61. The molecule has 0 aromatic heterocycles. The highest BCUT2D eigenvalue weighted by atomic mass is 16.6. The molecule has 0 amide bonds. The monoisotopic (exact) mass is 1110 g/mol. The SMILES string of the molecule is CC/C=C\C/C=C\C/C=C\C/C=C\CCCCCCCCCCCCCCC(=O)OCC(COC(=O)CCCCCCC/C=C\C/C=C\CCCC)OC(=O)CCCCCCCCCC/C=C\C/C=C\C/C=C\CCCCCCC. The number of hydrogen-bond acceptors (Lipinski definition) is 6. The summed E-state index contributed by atoms with van der Waals surface area (Å²) >= 11 is 0. The molecule has 6 heteroatoms. The number of ether oxygens (including phenoxy) is 3. The van der Waals surface area contributed by atoms with Gasteiger partial charge in [0, 0.05) is 19.3 Å². The number of allylic oxidation sites excluding steroid dienone is 18. The molecule has 0 radical (unpaired) electrons. The molecule has 0 aromatic rings. The molecule has 0 heterocycles. The molecule has 0 aromatic carbocycles. The van der Waals surface area contributed by atoms with Crippen LogP contribution >= 0.6 is 0 Å². The summed E-state index contributed by atoms with van der Waals surface area (Å²) in [5.41, 5.74) is 0. The summed E-state index contributed by atoms with van der Waals surface area (Å²) in [5, 5.41) is 0. The first kappa shape index (κ1) is 76.1. The molecular weight excluding hydrogens is 985 g/mol. The van der Waals surface area contributed by atoms with Crippen LogP contribution < -0.4 is 0 Å². The third-order valence-corrected chi connectivity index (χ3v) is 14.5. The second-order valence-corrected chi connectivity index (χ2v) is 22.3. The normalized spacial score (nSPS) is 12.8. The maximum Gasteiger partial charge on any atom is 0.306 e. The van der Waals surface area contributed by atoms with Crippen LogP contribution in [0, 0.1) is 0 Å². The number of esters is 3. The summed E-state index contributed by atoms with van der Waals surface area (Å²) in [6.45, 7) is 6.48. The quantitative estimate of drug-likeness (QED) is 0.0261. The highest BCUT2D eigenvalue weighted by Gasteiger charge is 2.19. The molecule has 80 heavy (non-hydrogen) atoms. The van der Waals surface area contributed by atoms with Gasteiger partial charge >= 0.3 is 17.9 Å². The third kappa shape index (κ3) is 64.9. The lowest BCUT2D eigenvalue weighted by atomic mass is 10.0. The van der Waals surface area contributed by atoms with Crippen LogP contribution in [0.4, 0.5) is 0 Å². The van der Waals surface area contributed by atoms with Gasteiger partial charge in [0.2, 0.25) is 0 Å². The highest BCUT2D eigenvalue weighted by Crippen LogP contribution is 2.16. The van der Waals surface area contributed by atoms with Gasteiger partial charge in [-0.15, -0.1) is 0 Å². The Kier molecular flexibility index (Phi) is 64.3. The van der Waals surface area contributed by atoms with E-state index in [-0.39, 0.29) is 31.1 Å². The van der Waals surface area contributed by atoms with E-state index in [1.165, 1.54) is 154 Å². The van der Waals surface area contributed by atoms with Gasteiger partial charge in [-0.25, -0.2) is 0 Å². The van der Waals surface area contributed by atoms with Crippen molar-refractivity contribution in [1.82, 2.24) is 0 Å². The van der Waals surface area contributed by atoms with Gasteiger partial charge in [-0.05, 0) is 122 Å². The van der Waals surface area contributed by atoms with Crippen molar-refractivity contribution >= 4 is 17.9 Å². The van der Waals surface area contributed by atoms with E-state index < -0.39 is 6.10 Å². The van der Waals surface area contributed by atoms with Crippen LogP contribution in [0.15, 0.2) is 109 Å². The lowest BCUT2D eigenvalue weighted by molar-refractivity contribution is -0.167. The second-order valence-electron chi connectivity index (χ2n) is 22.3. The molecule has 0 aliphatic heterocycles.